The summed E-state index contributed by atoms with van der Waals surface area (Å²) in [5.74, 6) is 0. The van der Waals surface area contributed by atoms with E-state index >= 15 is 0 Å². The zero-order valence-electron chi connectivity index (χ0n) is 7.23. The third kappa shape index (κ3) is 0.925. The van der Waals surface area contributed by atoms with Gasteiger partial charge < -0.3 is 19.7 Å². The highest BCUT2D eigenvalue weighted by Gasteiger charge is 2.60. The second-order valence-electron chi connectivity index (χ2n) is 3.95. The Kier molecular flexibility index (Phi) is 1.70. The molecule has 0 aromatic carbocycles. The molecule has 2 aliphatic heterocycles. The lowest BCUT2D eigenvalue weighted by atomic mass is 9.88. The first-order valence-corrected chi connectivity index (χ1v) is 4.18. The van der Waals surface area contributed by atoms with E-state index < -0.39 is 12.2 Å². The van der Waals surface area contributed by atoms with Gasteiger partial charge in [0.25, 0.3) is 0 Å². The first-order valence-electron chi connectivity index (χ1n) is 4.18. The molecule has 4 heteroatoms. The molecular formula is C8H14O4. The molecule has 0 unspecified atom stereocenters. The maximum atomic E-state index is 9.50. The Bertz CT molecular complexity index is 191. The topological polar surface area (TPSA) is 58.9 Å². The highest BCUT2D eigenvalue weighted by molar-refractivity contribution is 5.07. The molecule has 4 nitrogen and oxygen atoms in total. The fraction of sp³-hybridized carbons (Fsp3) is 1.00. The predicted molar refractivity (Wildman–Crippen MR) is 40.7 cm³/mol. The molecule has 2 rings (SSSR count). The summed E-state index contributed by atoms with van der Waals surface area (Å²) in [5, 5.41) is 18.3. The van der Waals surface area contributed by atoms with Gasteiger partial charge in [-0.25, -0.2) is 0 Å². The third-order valence-electron chi connectivity index (χ3n) is 2.64. The van der Waals surface area contributed by atoms with Gasteiger partial charge in [-0.3, -0.25) is 0 Å². The van der Waals surface area contributed by atoms with Crippen LogP contribution in [-0.4, -0.2) is 46.8 Å². The SMILES string of the molecule is CC1(C)O[C@@H]2[C@@H](O)[C@@H](CO)O[C@@H]21. The average Bonchev–Trinajstić information content (AvgIpc) is 2.26. The van der Waals surface area contributed by atoms with Gasteiger partial charge >= 0.3 is 0 Å². The average molecular weight is 174 g/mol. The van der Waals surface area contributed by atoms with Crippen molar-refractivity contribution in [2.45, 2.75) is 43.9 Å². The van der Waals surface area contributed by atoms with Crippen LogP contribution in [0.15, 0.2) is 0 Å². The Morgan fingerprint density at radius 2 is 2.08 bits per heavy atom. The van der Waals surface area contributed by atoms with Crippen LogP contribution in [0.3, 0.4) is 0 Å². The largest absolute Gasteiger partial charge is 0.394 e. The molecule has 70 valence electrons. The van der Waals surface area contributed by atoms with Gasteiger partial charge in [0.05, 0.1) is 12.2 Å². The van der Waals surface area contributed by atoms with Gasteiger partial charge in [0.15, 0.2) is 0 Å². The molecule has 0 spiro atoms. The van der Waals surface area contributed by atoms with E-state index in [-0.39, 0.29) is 24.4 Å². The van der Waals surface area contributed by atoms with Gasteiger partial charge in [-0.1, -0.05) is 0 Å². The van der Waals surface area contributed by atoms with Crippen LogP contribution < -0.4 is 0 Å². The first-order chi connectivity index (χ1) is 5.56. The van der Waals surface area contributed by atoms with Crippen molar-refractivity contribution in [3.63, 3.8) is 0 Å². The van der Waals surface area contributed by atoms with E-state index in [0.29, 0.717) is 0 Å². The quantitative estimate of drug-likeness (QED) is 0.551. The first kappa shape index (κ1) is 8.44. The zero-order valence-corrected chi connectivity index (χ0v) is 7.23. The van der Waals surface area contributed by atoms with Gasteiger partial charge in [-0.2, -0.15) is 0 Å². The Labute approximate surface area is 71.1 Å². The molecule has 0 radical (unpaired) electrons. The summed E-state index contributed by atoms with van der Waals surface area (Å²) in [6.45, 7) is 3.69. The normalized spacial score (nSPS) is 50.0. The summed E-state index contributed by atoms with van der Waals surface area (Å²) in [5.41, 5.74) is -0.310. The summed E-state index contributed by atoms with van der Waals surface area (Å²) in [6.07, 6.45) is -1.45. The molecule has 0 aromatic rings. The van der Waals surface area contributed by atoms with Crippen LogP contribution in [0.5, 0.6) is 0 Å². The van der Waals surface area contributed by atoms with E-state index in [4.69, 9.17) is 14.6 Å². The number of hydrogen-bond acceptors (Lipinski definition) is 4. The smallest absolute Gasteiger partial charge is 0.116 e. The third-order valence-corrected chi connectivity index (χ3v) is 2.64. The van der Waals surface area contributed by atoms with Crippen LogP contribution in [0.4, 0.5) is 0 Å². The van der Waals surface area contributed by atoms with E-state index in [1.165, 1.54) is 0 Å². The second-order valence-corrected chi connectivity index (χ2v) is 3.95. The molecular weight excluding hydrogens is 160 g/mol. The van der Waals surface area contributed by atoms with Crippen molar-refractivity contribution in [3.8, 4) is 0 Å². The molecule has 0 bridgehead atoms. The Morgan fingerprint density at radius 3 is 2.50 bits per heavy atom. The van der Waals surface area contributed by atoms with Crippen LogP contribution >= 0.6 is 0 Å². The summed E-state index contributed by atoms with van der Waals surface area (Å²) in [4.78, 5) is 0. The molecule has 0 aliphatic carbocycles. The molecule has 0 aromatic heterocycles. The van der Waals surface area contributed by atoms with Crippen molar-refractivity contribution in [1.29, 1.82) is 0 Å². The summed E-state index contributed by atoms with van der Waals surface area (Å²) in [7, 11) is 0. The maximum Gasteiger partial charge on any atom is 0.116 e. The monoisotopic (exact) mass is 174 g/mol. The van der Waals surface area contributed by atoms with Crippen molar-refractivity contribution < 1.29 is 19.7 Å². The van der Waals surface area contributed by atoms with E-state index in [1.807, 2.05) is 13.8 Å². The molecule has 12 heavy (non-hydrogen) atoms. The van der Waals surface area contributed by atoms with Gasteiger partial charge in [0, 0.05) is 0 Å². The van der Waals surface area contributed by atoms with Crippen molar-refractivity contribution >= 4 is 0 Å². The number of aliphatic hydroxyl groups is 2. The van der Waals surface area contributed by atoms with Gasteiger partial charge in [-0.15, -0.1) is 0 Å². The molecule has 2 aliphatic rings. The van der Waals surface area contributed by atoms with E-state index in [1.54, 1.807) is 0 Å². The Balaban J connectivity index is 2.07. The Morgan fingerprint density at radius 1 is 1.42 bits per heavy atom. The molecule has 2 heterocycles. The molecule has 0 saturated carbocycles. The van der Waals surface area contributed by atoms with Crippen LogP contribution in [0.25, 0.3) is 0 Å². The van der Waals surface area contributed by atoms with Gasteiger partial charge in [0.2, 0.25) is 0 Å². The highest BCUT2D eigenvalue weighted by atomic mass is 16.7. The number of aliphatic hydroxyl groups excluding tert-OH is 2. The minimum atomic E-state index is -0.673. The Hall–Kier alpha value is -0.160. The molecule has 2 N–H and O–H groups in total. The summed E-state index contributed by atoms with van der Waals surface area (Å²) in [6, 6.07) is 0. The predicted octanol–water partition coefficient (Wildman–Crippen LogP) is -0.716. The van der Waals surface area contributed by atoms with E-state index in [0.717, 1.165) is 0 Å². The lowest BCUT2D eigenvalue weighted by Crippen LogP contribution is -2.61. The number of ether oxygens (including phenoxy) is 2. The van der Waals surface area contributed by atoms with E-state index in [2.05, 4.69) is 0 Å². The second kappa shape index (κ2) is 2.42. The van der Waals surface area contributed by atoms with Crippen LogP contribution in [0, 0.1) is 0 Å². The zero-order chi connectivity index (χ0) is 8.93. The molecule has 2 fully saturated rings. The number of rotatable bonds is 1. The molecule has 2 saturated heterocycles. The molecule has 4 atom stereocenters. The summed E-state index contributed by atoms with van der Waals surface area (Å²) >= 11 is 0. The lowest BCUT2D eigenvalue weighted by Gasteiger charge is -2.46. The van der Waals surface area contributed by atoms with Gasteiger partial charge in [-0.05, 0) is 13.8 Å². The number of hydrogen-bond donors (Lipinski definition) is 2. The minimum absolute atomic E-state index is 0.0651. The van der Waals surface area contributed by atoms with Crippen molar-refractivity contribution in [3.05, 3.63) is 0 Å². The van der Waals surface area contributed by atoms with Crippen molar-refractivity contribution in [1.82, 2.24) is 0 Å². The van der Waals surface area contributed by atoms with Gasteiger partial charge in [0.1, 0.15) is 24.4 Å². The fourth-order valence-corrected chi connectivity index (χ4v) is 1.92. The van der Waals surface area contributed by atoms with Crippen LogP contribution in [0.1, 0.15) is 13.8 Å². The lowest BCUT2D eigenvalue weighted by molar-refractivity contribution is -0.264. The summed E-state index contributed by atoms with van der Waals surface area (Å²) < 4.78 is 10.8. The van der Waals surface area contributed by atoms with Crippen LogP contribution in [0.2, 0.25) is 0 Å². The fourth-order valence-electron chi connectivity index (χ4n) is 1.92. The van der Waals surface area contributed by atoms with Crippen LogP contribution in [-0.2, 0) is 9.47 Å². The highest BCUT2D eigenvalue weighted by Crippen LogP contribution is 2.43. The molecule has 0 amide bonds. The number of fused-ring (bicyclic) bond motifs is 1. The van der Waals surface area contributed by atoms with Crippen molar-refractivity contribution in [2.24, 2.45) is 0 Å². The maximum absolute atomic E-state index is 9.50. The minimum Gasteiger partial charge on any atom is -0.394 e. The standard InChI is InChI=1S/C8H14O4/c1-8(2)7-6(12-8)5(10)4(3-9)11-7/h4-7,9-10H,3H2,1-2H3/t4-,5+,6-,7+/m1/s1. The van der Waals surface area contributed by atoms with E-state index in [9.17, 15) is 5.11 Å². The van der Waals surface area contributed by atoms with Crippen molar-refractivity contribution in [2.75, 3.05) is 6.61 Å².